The van der Waals surface area contributed by atoms with Gasteiger partial charge in [-0.25, -0.2) is 0 Å². The Morgan fingerprint density at radius 3 is 1.90 bits per heavy atom. The SMILES string of the molecule is O=C1CCCN1CC(c1ccccc1)c1ccccc1. The molecule has 1 saturated heterocycles. The van der Waals surface area contributed by atoms with E-state index in [9.17, 15) is 4.79 Å². The number of likely N-dealkylation sites (tertiary alicyclic amines) is 1. The fourth-order valence-electron chi connectivity index (χ4n) is 2.89. The highest BCUT2D eigenvalue weighted by Crippen LogP contribution is 2.27. The Labute approximate surface area is 120 Å². The first-order valence-electron chi connectivity index (χ1n) is 7.22. The molecule has 0 radical (unpaired) electrons. The van der Waals surface area contributed by atoms with Gasteiger partial charge in [0.1, 0.15) is 0 Å². The molecular weight excluding hydrogens is 246 g/mol. The average molecular weight is 265 g/mol. The zero-order valence-corrected chi connectivity index (χ0v) is 11.5. The summed E-state index contributed by atoms with van der Waals surface area (Å²) in [6.45, 7) is 1.68. The van der Waals surface area contributed by atoms with Gasteiger partial charge in [-0.15, -0.1) is 0 Å². The Hall–Kier alpha value is -2.09. The van der Waals surface area contributed by atoms with Gasteiger partial charge >= 0.3 is 0 Å². The molecule has 102 valence electrons. The van der Waals surface area contributed by atoms with Crippen molar-refractivity contribution in [3.05, 3.63) is 71.8 Å². The maximum atomic E-state index is 11.9. The molecule has 2 heteroatoms. The summed E-state index contributed by atoms with van der Waals surface area (Å²) in [6, 6.07) is 20.9. The standard InChI is InChI=1S/C18H19NO/c20-18-12-7-13-19(18)14-17(15-8-3-1-4-9-15)16-10-5-2-6-11-16/h1-6,8-11,17H,7,12-14H2. The van der Waals surface area contributed by atoms with Crippen LogP contribution >= 0.6 is 0 Å². The van der Waals surface area contributed by atoms with Gasteiger partial charge in [-0.1, -0.05) is 60.7 Å². The highest BCUT2D eigenvalue weighted by Gasteiger charge is 2.25. The van der Waals surface area contributed by atoms with Gasteiger partial charge in [0.25, 0.3) is 0 Å². The van der Waals surface area contributed by atoms with Crippen LogP contribution in [0.1, 0.15) is 29.9 Å². The van der Waals surface area contributed by atoms with Crippen molar-refractivity contribution in [1.82, 2.24) is 4.90 Å². The van der Waals surface area contributed by atoms with Crippen molar-refractivity contribution in [2.45, 2.75) is 18.8 Å². The average Bonchev–Trinajstić information content (AvgIpc) is 2.92. The van der Waals surface area contributed by atoms with E-state index in [1.807, 2.05) is 17.0 Å². The maximum absolute atomic E-state index is 11.9. The molecule has 0 spiro atoms. The van der Waals surface area contributed by atoms with Crippen molar-refractivity contribution in [3.63, 3.8) is 0 Å². The largest absolute Gasteiger partial charge is 0.342 e. The number of benzene rings is 2. The minimum atomic E-state index is 0.263. The Kier molecular flexibility index (Phi) is 3.82. The molecule has 0 N–H and O–H groups in total. The van der Waals surface area contributed by atoms with E-state index >= 15 is 0 Å². The van der Waals surface area contributed by atoms with E-state index in [0.29, 0.717) is 12.3 Å². The summed E-state index contributed by atoms with van der Waals surface area (Å²) in [6.07, 6.45) is 1.70. The van der Waals surface area contributed by atoms with Crippen LogP contribution in [0.4, 0.5) is 0 Å². The lowest BCUT2D eigenvalue weighted by Crippen LogP contribution is -2.30. The van der Waals surface area contributed by atoms with Gasteiger partial charge in [0.2, 0.25) is 5.91 Å². The number of carbonyl (C=O) groups is 1. The molecule has 3 rings (SSSR count). The van der Waals surface area contributed by atoms with E-state index in [2.05, 4.69) is 48.5 Å². The summed E-state index contributed by atoms with van der Waals surface area (Å²) in [4.78, 5) is 13.9. The van der Waals surface area contributed by atoms with Crippen LogP contribution in [0.2, 0.25) is 0 Å². The third-order valence-corrected chi connectivity index (χ3v) is 3.98. The van der Waals surface area contributed by atoms with Gasteiger partial charge in [0.05, 0.1) is 0 Å². The van der Waals surface area contributed by atoms with Crippen LogP contribution in [0, 0.1) is 0 Å². The van der Waals surface area contributed by atoms with Crippen molar-refractivity contribution >= 4 is 5.91 Å². The molecule has 0 saturated carbocycles. The first-order chi connectivity index (χ1) is 9.84. The maximum Gasteiger partial charge on any atom is 0.222 e. The van der Waals surface area contributed by atoms with Crippen molar-refractivity contribution in [2.24, 2.45) is 0 Å². The first-order valence-corrected chi connectivity index (χ1v) is 7.22. The number of hydrogen-bond acceptors (Lipinski definition) is 1. The smallest absolute Gasteiger partial charge is 0.222 e. The van der Waals surface area contributed by atoms with Gasteiger partial charge in [0.15, 0.2) is 0 Å². The summed E-state index contributed by atoms with van der Waals surface area (Å²) < 4.78 is 0. The molecule has 0 atom stereocenters. The minimum Gasteiger partial charge on any atom is -0.342 e. The number of rotatable bonds is 4. The van der Waals surface area contributed by atoms with Crippen molar-refractivity contribution in [2.75, 3.05) is 13.1 Å². The quantitative estimate of drug-likeness (QED) is 0.829. The fraction of sp³-hybridized carbons (Fsp3) is 0.278. The summed E-state index contributed by atoms with van der Waals surface area (Å²) in [5.41, 5.74) is 2.55. The van der Waals surface area contributed by atoms with Crippen LogP contribution in [0.15, 0.2) is 60.7 Å². The molecular formula is C18H19NO. The highest BCUT2D eigenvalue weighted by molar-refractivity contribution is 5.78. The van der Waals surface area contributed by atoms with Crippen LogP contribution in [0.25, 0.3) is 0 Å². The second kappa shape index (κ2) is 5.91. The van der Waals surface area contributed by atoms with Gasteiger partial charge in [0, 0.05) is 25.4 Å². The van der Waals surface area contributed by atoms with E-state index in [1.54, 1.807) is 0 Å². The highest BCUT2D eigenvalue weighted by atomic mass is 16.2. The lowest BCUT2D eigenvalue weighted by atomic mass is 9.91. The van der Waals surface area contributed by atoms with Gasteiger partial charge in [-0.3, -0.25) is 4.79 Å². The Bertz CT molecular complexity index is 525. The zero-order chi connectivity index (χ0) is 13.8. The van der Waals surface area contributed by atoms with Crippen LogP contribution < -0.4 is 0 Å². The molecule has 1 amide bonds. The fourth-order valence-corrected chi connectivity index (χ4v) is 2.89. The molecule has 1 aliphatic heterocycles. The van der Waals surface area contributed by atoms with Gasteiger partial charge < -0.3 is 4.90 Å². The molecule has 1 fully saturated rings. The third-order valence-electron chi connectivity index (χ3n) is 3.98. The van der Waals surface area contributed by atoms with E-state index in [1.165, 1.54) is 11.1 Å². The molecule has 1 aliphatic rings. The molecule has 0 aromatic heterocycles. The van der Waals surface area contributed by atoms with Crippen molar-refractivity contribution in [1.29, 1.82) is 0 Å². The molecule has 1 heterocycles. The second-order valence-corrected chi connectivity index (χ2v) is 5.32. The third kappa shape index (κ3) is 2.74. The summed E-state index contributed by atoms with van der Waals surface area (Å²) in [5, 5.41) is 0. The van der Waals surface area contributed by atoms with E-state index in [4.69, 9.17) is 0 Å². The normalized spacial score (nSPS) is 15.1. The number of nitrogens with zero attached hydrogens (tertiary/aromatic N) is 1. The molecule has 20 heavy (non-hydrogen) atoms. The van der Waals surface area contributed by atoms with Crippen LogP contribution in [-0.4, -0.2) is 23.9 Å². The lowest BCUT2D eigenvalue weighted by Gasteiger charge is -2.24. The predicted molar refractivity (Wildman–Crippen MR) is 80.5 cm³/mol. The topological polar surface area (TPSA) is 20.3 Å². The monoisotopic (exact) mass is 265 g/mol. The summed E-state index contributed by atoms with van der Waals surface area (Å²) >= 11 is 0. The molecule has 0 aliphatic carbocycles. The summed E-state index contributed by atoms with van der Waals surface area (Å²) in [7, 11) is 0. The van der Waals surface area contributed by atoms with Crippen molar-refractivity contribution < 1.29 is 4.79 Å². The zero-order valence-electron chi connectivity index (χ0n) is 11.5. The van der Waals surface area contributed by atoms with Crippen LogP contribution in [0.3, 0.4) is 0 Å². The van der Waals surface area contributed by atoms with Crippen LogP contribution in [0.5, 0.6) is 0 Å². The van der Waals surface area contributed by atoms with Crippen LogP contribution in [-0.2, 0) is 4.79 Å². The number of amides is 1. The molecule has 2 aromatic carbocycles. The second-order valence-electron chi connectivity index (χ2n) is 5.32. The number of carbonyl (C=O) groups excluding carboxylic acids is 1. The predicted octanol–water partition coefficient (Wildman–Crippen LogP) is 3.44. The van der Waals surface area contributed by atoms with E-state index < -0.39 is 0 Å². The molecule has 0 unspecified atom stereocenters. The molecule has 2 aromatic rings. The van der Waals surface area contributed by atoms with Gasteiger partial charge in [-0.05, 0) is 17.5 Å². The lowest BCUT2D eigenvalue weighted by molar-refractivity contribution is -0.127. The first kappa shape index (κ1) is 12.9. The Balaban J connectivity index is 1.90. The van der Waals surface area contributed by atoms with Crippen molar-refractivity contribution in [3.8, 4) is 0 Å². The van der Waals surface area contributed by atoms with E-state index in [0.717, 1.165) is 19.5 Å². The molecule has 2 nitrogen and oxygen atoms in total. The van der Waals surface area contributed by atoms with Gasteiger partial charge in [-0.2, -0.15) is 0 Å². The van der Waals surface area contributed by atoms with E-state index in [-0.39, 0.29) is 5.92 Å². The minimum absolute atomic E-state index is 0.263. The number of hydrogen-bond donors (Lipinski definition) is 0. The molecule has 0 bridgehead atoms. The Morgan fingerprint density at radius 2 is 1.45 bits per heavy atom. The summed E-state index contributed by atoms with van der Waals surface area (Å²) in [5.74, 6) is 0.557. The Morgan fingerprint density at radius 1 is 0.900 bits per heavy atom.